The molecule has 0 bridgehead atoms. The van der Waals surface area contributed by atoms with Crippen molar-refractivity contribution in [3.05, 3.63) is 73.1 Å². The molecule has 0 unspecified atom stereocenters. The Bertz CT molecular complexity index is 1460. The Hall–Kier alpha value is -3.05. The summed E-state index contributed by atoms with van der Waals surface area (Å²) in [5.74, 6) is 0. The maximum absolute atomic E-state index is 13.3. The number of para-hydroxylation sites is 1. The van der Waals surface area contributed by atoms with Crippen LogP contribution in [0.3, 0.4) is 0 Å². The average molecular weight is 344 g/mol. The Morgan fingerprint density at radius 1 is 0.640 bits per heavy atom. The molecule has 0 saturated carbocycles. The second-order valence-electron chi connectivity index (χ2n) is 6.34. The molecule has 25 heavy (non-hydrogen) atoms. The molecule has 3 aromatic carbocycles. The number of fused-ring (bicyclic) bond motifs is 5. The van der Waals surface area contributed by atoms with E-state index in [1.165, 1.54) is 3.97 Å². The van der Waals surface area contributed by atoms with E-state index in [-0.39, 0.29) is 0 Å². The summed E-state index contributed by atoms with van der Waals surface area (Å²) in [7, 11) is -3.64. The van der Waals surface area contributed by atoms with E-state index in [1.54, 1.807) is 18.3 Å². The molecule has 1 aliphatic heterocycles. The highest BCUT2D eigenvalue weighted by Crippen LogP contribution is 2.41. The molecule has 5 aromatic rings. The molecule has 0 fully saturated rings. The lowest BCUT2D eigenvalue weighted by Crippen LogP contribution is -2.12. The Morgan fingerprint density at radius 3 is 2.08 bits per heavy atom. The van der Waals surface area contributed by atoms with Crippen LogP contribution in [0.15, 0.2) is 78.0 Å². The van der Waals surface area contributed by atoms with Gasteiger partial charge in [-0.25, -0.2) is 12.4 Å². The van der Waals surface area contributed by atoms with Gasteiger partial charge in [-0.15, -0.1) is 0 Å². The topological polar surface area (TPSA) is 44.0 Å². The molecule has 5 heteroatoms. The first-order valence-corrected chi connectivity index (χ1v) is 9.50. The van der Waals surface area contributed by atoms with Gasteiger partial charge in [0.05, 0.1) is 16.7 Å². The lowest BCUT2D eigenvalue weighted by Gasteiger charge is -2.09. The third kappa shape index (κ3) is 1.41. The molecule has 0 spiro atoms. The zero-order valence-corrected chi connectivity index (χ0v) is 13.9. The van der Waals surface area contributed by atoms with Crippen LogP contribution in [0.1, 0.15) is 0 Å². The smallest absolute Gasteiger partial charge is 0.270 e. The molecular formula is C20H12N2O2S. The van der Waals surface area contributed by atoms with Crippen molar-refractivity contribution in [1.29, 1.82) is 0 Å². The minimum absolute atomic E-state index is 0.324. The van der Waals surface area contributed by atoms with Crippen molar-refractivity contribution >= 4 is 42.6 Å². The largest absolute Gasteiger partial charge is 0.313 e. The lowest BCUT2D eigenvalue weighted by atomic mass is 10.0. The van der Waals surface area contributed by atoms with Gasteiger partial charge in [-0.3, -0.25) is 0 Å². The van der Waals surface area contributed by atoms with E-state index in [1.807, 2.05) is 41.1 Å². The molecule has 6 rings (SSSR count). The van der Waals surface area contributed by atoms with Gasteiger partial charge < -0.3 is 4.57 Å². The summed E-state index contributed by atoms with van der Waals surface area (Å²) in [5, 5.41) is 4.23. The number of aromatic nitrogens is 2. The van der Waals surface area contributed by atoms with Gasteiger partial charge in [0.1, 0.15) is 4.90 Å². The quantitative estimate of drug-likeness (QED) is 0.413. The molecular weight excluding hydrogens is 332 g/mol. The second-order valence-corrected chi connectivity index (χ2v) is 8.12. The molecule has 2 aromatic heterocycles. The fourth-order valence-electron chi connectivity index (χ4n) is 4.09. The first-order chi connectivity index (χ1) is 12.2. The van der Waals surface area contributed by atoms with Gasteiger partial charge in [0, 0.05) is 23.2 Å². The van der Waals surface area contributed by atoms with Crippen LogP contribution < -0.4 is 0 Å². The molecule has 0 aliphatic carbocycles. The van der Waals surface area contributed by atoms with Gasteiger partial charge in [-0.05, 0) is 35.0 Å². The third-order valence-corrected chi connectivity index (χ3v) is 6.85. The van der Waals surface area contributed by atoms with Crippen LogP contribution in [0.25, 0.3) is 38.3 Å². The van der Waals surface area contributed by atoms with Crippen LogP contribution in [-0.2, 0) is 10.0 Å². The number of hydrogen-bond acceptors (Lipinski definition) is 2. The molecule has 0 saturated heterocycles. The van der Waals surface area contributed by atoms with Crippen molar-refractivity contribution in [2.45, 2.75) is 4.90 Å². The van der Waals surface area contributed by atoms with Crippen LogP contribution in [0.2, 0.25) is 0 Å². The van der Waals surface area contributed by atoms with E-state index in [9.17, 15) is 8.42 Å². The molecule has 120 valence electrons. The summed E-state index contributed by atoms with van der Waals surface area (Å²) >= 11 is 0. The number of rotatable bonds is 0. The monoisotopic (exact) mass is 344 g/mol. The standard InChI is InChI=1S/C20H12N2O2S/c23-25(24)18-8-4-3-7-17(18)21-11-9-15-13-5-1-2-6-14(13)16-10-12-22(25)20(16)19(15)21/h1-12H. The fraction of sp³-hybridized carbons (Fsp3) is 0. The zero-order valence-electron chi connectivity index (χ0n) is 13.0. The fourth-order valence-corrected chi connectivity index (χ4v) is 5.63. The van der Waals surface area contributed by atoms with Gasteiger partial charge in [0.15, 0.2) is 0 Å². The van der Waals surface area contributed by atoms with Crippen molar-refractivity contribution in [2.24, 2.45) is 0 Å². The Morgan fingerprint density at radius 2 is 1.28 bits per heavy atom. The van der Waals surface area contributed by atoms with E-state index in [2.05, 4.69) is 18.2 Å². The van der Waals surface area contributed by atoms with Gasteiger partial charge in [-0.2, -0.15) is 0 Å². The molecule has 0 N–H and O–H groups in total. The number of benzene rings is 3. The number of hydrogen-bond donors (Lipinski definition) is 0. The first kappa shape index (κ1) is 13.3. The maximum Gasteiger partial charge on any atom is 0.270 e. The molecule has 3 heterocycles. The summed E-state index contributed by atoms with van der Waals surface area (Å²) < 4.78 is 30.0. The minimum Gasteiger partial charge on any atom is -0.313 e. The SMILES string of the molecule is O=S1(=O)c2ccccc2-n2ccc3c4ccccc4c4ccn1c4c32. The summed E-state index contributed by atoms with van der Waals surface area (Å²) in [6.07, 6.45) is 3.64. The van der Waals surface area contributed by atoms with Gasteiger partial charge in [0.2, 0.25) is 0 Å². The number of nitrogens with zero attached hydrogens (tertiary/aromatic N) is 2. The molecule has 1 aliphatic rings. The maximum atomic E-state index is 13.3. The van der Waals surface area contributed by atoms with Crippen molar-refractivity contribution in [2.75, 3.05) is 0 Å². The zero-order chi connectivity index (χ0) is 16.8. The van der Waals surface area contributed by atoms with E-state index in [4.69, 9.17) is 0 Å². The van der Waals surface area contributed by atoms with Gasteiger partial charge in [0.25, 0.3) is 10.0 Å². The summed E-state index contributed by atoms with van der Waals surface area (Å²) in [6, 6.07) is 19.3. The average Bonchev–Trinajstić information content (AvgIpc) is 3.25. The molecule has 0 radical (unpaired) electrons. The highest BCUT2D eigenvalue weighted by Gasteiger charge is 2.29. The summed E-state index contributed by atoms with van der Waals surface area (Å²) in [6.45, 7) is 0. The molecule has 0 atom stereocenters. The van der Waals surface area contributed by atoms with Crippen LogP contribution >= 0.6 is 0 Å². The van der Waals surface area contributed by atoms with Gasteiger partial charge in [-0.1, -0.05) is 36.4 Å². The highest BCUT2D eigenvalue weighted by atomic mass is 32.2. The normalized spacial score (nSPS) is 15.0. The van der Waals surface area contributed by atoms with Crippen LogP contribution in [0.5, 0.6) is 0 Å². The lowest BCUT2D eigenvalue weighted by molar-refractivity contribution is 0.589. The van der Waals surface area contributed by atoms with E-state index in [0.717, 1.165) is 32.6 Å². The van der Waals surface area contributed by atoms with E-state index < -0.39 is 10.0 Å². The first-order valence-electron chi connectivity index (χ1n) is 8.06. The Kier molecular flexibility index (Phi) is 2.19. The minimum atomic E-state index is -3.64. The summed E-state index contributed by atoms with van der Waals surface area (Å²) in [5.41, 5.74) is 2.37. The van der Waals surface area contributed by atoms with Crippen molar-refractivity contribution in [1.82, 2.24) is 8.54 Å². The van der Waals surface area contributed by atoms with E-state index >= 15 is 0 Å². The predicted octanol–water partition coefficient (Wildman–Crippen LogP) is 4.29. The van der Waals surface area contributed by atoms with Crippen molar-refractivity contribution < 1.29 is 8.42 Å². The Balaban J connectivity index is 2.04. The predicted molar refractivity (Wildman–Crippen MR) is 98.9 cm³/mol. The highest BCUT2D eigenvalue weighted by molar-refractivity contribution is 7.90. The van der Waals surface area contributed by atoms with Crippen LogP contribution in [0, 0.1) is 0 Å². The second kappa shape index (κ2) is 4.13. The van der Waals surface area contributed by atoms with Gasteiger partial charge >= 0.3 is 0 Å². The Labute approximate surface area is 143 Å². The van der Waals surface area contributed by atoms with E-state index in [0.29, 0.717) is 10.6 Å². The van der Waals surface area contributed by atoms with Crippen molar-refractivity contribution in [3.63, 3.8) is 0 Å². The van der Waals surface area contributed by atoms with Crippen LogP contribution in [0.4, 0.5) is 0 Å². The molecule has 4 nitrogen and oxygen atoms in total. The third-order valence-electron chi connectivity index (χ3n) is 5.13. The van der Waals surface area contributed by atoms with Crippen molar-refractivity contribution in [3.8, 4) is 5.69 Å². The molecule has 0 amide bonds. The van der Waals surface area contributed by atoms with Crippen LogP contribution in [-0.4, -0.2) is 17.0 Å². The summed E-state index contributed by atoms with van der Waals surface area (Å²) in [4.78, 5) is 0.324.